The van der Waals surface area contributed by atoms with Crippen LogP contribution in [0.15, 0.2) is 18.2 Å². The van der Waals surface area contributed by atoms with E-state index in [1.54, 1.807) is 0 Å². The lowest BCUT2D eigenvalue weighted by molar-refractivity contribution is -0.221. The molecule has 0 unspecified atom stereocenters. The second kappa shape index (κ2) is 4.54. The maximum absolute atomic E-state index is 12.8. The van der Waals surface area contributed by atoms with Crippen molar-refractivity contribution in [3.8, 4) is 0 Å². The van der Waals surface area contributed by atoms with Gasteiger partial charge in [-0.25, -0.2) is 4.39 Å². The van der Waals surface area contributed by atoms with Crippen LogP contribution in [0, 0.1) is 5.82 Å². The molecular formula is C6H5BClFO4. The summed E-state index contributed by atoms with van der Waals surface area (Å²) < 4.78 is 12.8. The Hall–Kier alpha value is -0.655. The Morgan fingerprint density at radius 3 is 2.38 bits per heavy atom. The minimum absolute atomic E-state index is 0.0709. The fourth-order valence-electron chi connectivity index (χ4n) is 0.800. The van der Waals surface area contributed by atoms with Crippen LogP contribution in [0.1, 0.15) is 0 Å². The van der Waals surface area contributed by atoms with E-state index in [9.17, 15) is 4.39 Å². The number of rotatable bonds is 3. The van der Waals surface area contributed by atoms with Gasteiger partial charge >= 0.3 is 7.12 Å². The normalized spacial score (nSPS) is 10.2. The van der Waals surface area contributed by atoms with Gasteiger partial charge in [-0.05, 0) is 17.6 Å². The van der Waals surface area contributed by atoms with Crippen LogP contribution in [0.4, 0.5) is 4.39 Å². The van der Waals surface area contributed by atoms with Gasteiger partial charge in [-0.2, -0.15) is 0 Å². The molecule has 2 N–H and O–H groups in total. The van der Waals surface area contributed by atoms with Gasteiger partial charge in [0.15, 0.2) is 0 Å². The summed E-state index contributed by atoms with van der Waals surface area (Å²) in [5.74, 6) is -0.696. The molecule has 1 aromatic rings. The largest absolute Gasteiger partial charge is 0.554 e. The molecule has 1 aromatic carbocycles. The van der Waals surface area contributed by atoms with Crippen LogP contribution in [0.2, 0.25) is 5.02 Å². The van der Waals surface area contributed by atoms with E-state index in [0.29, 0.717) is 0 Å². The molecule has 0 radical (unpaired) electrons. The van der Waals surface area contributed by atoms with Crippen LogP contribution in [-0.4, -0.2) is 17.6 Å². The molecule has 70 valence electrons. The third kappa shape index (κ3) is 2.39. The van der Waals surface area contributed by atoms with Crippen LogP contribution in [-0.2, 0) is 9.61 Å². The summed E-state index contributed by atoms with van der Waals surface area (Å²) in [7, 11) is -1.44. The van der Waals surface area contributed by atoms with Gasteiger partial charge in [0.25, 0.3) is 0 Å². The van der Waals surface area contributed by atoms with Crippen LogP contribution < -0.4 is 5.46 Å². The van der Waals surface area contributed by atoms with E-state index in [2.05, 4.69) is 9.61 Å². The molecule has 4 nitrogen and oxygen atoms in total. The maximum atomic E-state index is 12.8. The van der Waals surface area contributed by atoms with Gasteiger partial charge in [-0.15, -0.1) is 0 Å². The van der Waals surface area contributed by atoms with Gasteiger partial charge in [0.1, 0.15) is 5.82 Å². The molecule has 0 aliphatic rings. The standard InChI is InChI=1S/C6H5BClFO4/c8-5-2-1-4(3-6(5)9)7(12-10)13-11/h1-3,10-11H. The van der Waals surface area contributed by atoms with Gasteiger partial charge in [-0.3, -0.25) is 20.1 Å². The molecule has 0 saturated heterocycles. The van der Waals surface area contributed by atoms with Gasteiger partial charge in [0.2, 0.25) is 0 Å². The highest BCUT2D eigenvalue weighted by Gasteiger charge is 2.22. The molecular weight excluding hydrogens is 201 g/mol. The van der Waals surface area contributed by atoms with Gasteiger partial charge < -0.3 is 0 Å². The fourth-order valence-corrected chi connectivity index (χ4v) is 0.918. The van der Waals surface area contributed by atoms with Crippen molar-refractivity contribution < 1.29 is 24.5 Å². The van der Waals surface area contributed by atoms with Crippen LogP contribution in [0.3, 0.4) is 0 Å². The smallest absolute Gasteiger partial charge is 0.264 e. The molecule has 0 aliphatic heterocycles. The lowest BCUT2D eigenvalue weighted by Gasteiger charge is -2.05. The summed E-state index contributed by atoms with van der Waals surface area (Å²) in [5.41, 5.74) is 0.104. The molecule has 0 spiro atoms. The van der Waals surface area contributed by atoms with Crippen molar-refractivity contribution in [1.29, 1.82) is 0 Å². The number of hydrogen-bond donors (Lipinski definition) is 2. The Kier molecular flexibility index (Phi) is 3.64. The number of hydrogen-bond acceptors (Lipinski definition) is 4. The lowest BCUT2D eigenvalue weighted by Crippen LogP contribution is -2.35. The summed E-state index contributed by atoms with van der Waals surface area (Å²) in [6.07, 6.45) is 0. The molecule has 0 aromatic heterocycles. The first-order valence-corrected chi connectivity index (χ1v) is 3.62. The van der Waals surface area contributed by atoms with E-state index < -0.39 is 12.9 Å². The van der Waals surface area contributed by atoms with Crippen molar-refractivity contribution in [2.24, 2.45) is 0 Å². The minimum atomic E-state index is -1.44. The zero-order chi connectivity index (χ0) is 9.84. The Balaban J connectivity index is 2.95. The van der Waals surface area contributed by atoms with Crippen LogP contribution in [0.25, 0.3) is 0 Å². The topological polar surface area (TPSA) is 58.9 Å². The van der Waals surface area contributed by atoms with E-state index in [0.717, 1.165) is 6.07 Å². The predicted octanol–water partition coefficient (Wildman–Crippen LogP) is 1.15. The minimum Gasteiger partial charge on any atom is -0.264 e. The summed E-state index contributed by atoms with van der Waals surface area (Å²) >= 11 is 5.39. The highest BCUT2D eigenvalue weighted by atomic mass is 35.5. The van der Waals surface area contributed by atoms with E-state index in [4.69, 9.17) is 22.1 Å². The van der Waals surface area contributed by atoms with E-state index in [1.165, 1.54) is 12.1 Å². The van der Waals surface area contributed by atoms with Crippen molar-refractivity contribution in [3.63, 3.8) is 0 Å². The van der Waals surface area contributed by atoms with E-state index in [-0.39, 0.29) is 10.5 Å². The Bertz CT molecular complexity index is 294. The molecule has 0 saturated carbocycles. The Morgan fingerprint density at radius 2 is 1.92 bits per heavy atom. The second-order valence-electron chi connectivity index (χ2n) is 2.22. The van der Waals surface area contributed by atoms with Gasteiger partial charge in [0, 0.05) is 0 Å². The maximum Gasteiger partial charge on any atom is 0.554 e. The summed E-state index contributed by atoms with van der Waals surface area (Å²) in [6, 6.07) is 3.55. The third-order valence-corrected chi connectivity index (χ3v) is 1.71. The molecule has 0 aliphatic carbocycles. The Labute approximate surface area is 78.5 Å². The molecule has 13 heavy (non-hydrogen) atoms. The van der Waals surface area contributed by atoms with Gasteiger partial charge in [0.05, 0.1) is 5.02 Å². The van der Waals surface area contributed by atoms with Gasteiger partial charge in [-0.1, -0.05) is 17.7 Å². The van der Waals surface area contributed by atoms with Crippen molar-refractivity contribution in [1.82, 2.24) is 0 Å². The number of halogens is 2. The van der Waals surface area contributed by atoms with Crippen LogP contribution in [0.5, 0.6) is 0 Å². The number of benzene rings is 1. The monoisotopic (exact) mass is 206 g/mol. The average molecular weight is 206 g/mol. The SMILES string of the molecule is OOB(OO)c1ccc(Cl)c(F)c1. The first-order chi connectivity index (χ1) is 6.19. The van der Waals surface area contributed by atoms with E-state index in [1.807, 2.05) is 0 Å². The molecule has 1 rings (SSSR count). The summed E-state index contributed by atoms with van der Waals surface area (Å²) in [6.45, 7) is 0. The van der Waals surface area contributed by atoms with Crippen molar-refractivity contribution in [2.45, 2.75) is 0 Å². The van der Waals surface area contributed by atoms with Crippen LogP contribution >= 0.6 is 11.6 Å². The zero-order valence-electron chi connectivity index (χ0n) is 6.28. The van der Waals surface area contributed by atoms with E-state index >= 15 is 0 Å². The summed E-state index contributed by atoms with van der Waals surface area (Å²) in [4.78, 5) is 7.40. The third-order valence-electron chi connectivity index (χ3n) is 1.41. The highest BCUT2D eigenvalue weighted by molar-refractivity contribution is 6.60. The first kappa shape index (κ1) is 10.4. The zero-order valence-corrected chi connectivity index (χ0v) is 7.03. The van der Waals surface area contributed by atoms with Crippen molar-refractivity contribution in [2.75, 3.05) is 0 Å². The molecule has 0 heterocycles. The molecule has 7 heteroatoms. The molecule has 0 amide bonds. The Morgan fingerprint density at radius 1 is 1.31 bits per heavy atom. The first-order valence-electron chi connectivity index (χ1n) is 3.24. The lowest BCUT2D eigenvalue weighted by atomic mass is 9.80. The molecule has 0 bridgehead atoms. The molecule has 0 atom stereocenters. The quantitative estimate of drug-likeness (QED) is 0.442. The predicted molar refractivity (Wildman–Crippen MR) is 44.2 cm³/mol. The second-order valence-corrected chi connectivity index (χ2v) is 2.62. The fraction of sp³-hybridized carbons (Fsp3) is 0. The summed E-state index contributed by atoms with van der Waals surface area (Å²) in [5, 5.41) is 16.3. The average Bonchev–Trinajstić information content (AvgIpc) is 2.13. The molecule has 0 fully saturated rings. The highest BCUT2D eigenvalue weighted by Crippen LogP contribution is 2.11. The van der Waals surface area contributed by atoms with Crippen molar-refractivity contribution >= 4 is 24.2 Å². The van der Waals surface area contributed by atoms with Crippen molar-refractivity contribution in [3.05, 3.63) is 29.0 Å².